The van der Waals surface area contributed by atoms with Crippen molar-refractivity contribution in [1.82, 2.24) is 5.32 Å². The molecule has 5 heteroatoms. The number of rotatable bonds is 3. The molecule has 21 heavy (non-hydrogen) atoms. The molecule has 1 heterocycles. The molecule has 2 aromatic rings. The fourth-order valence-corrected chi connectivity index (χ4v) is 5.04. The number of sulfone groups is 1. The van der Waals surface area contributed by atoms with Gasteiger partial charge in [0.1, 0.15) is 0 Å². The predicted molar refractivity (Wildman–Crippen MR) is 86.9 cm³/mol. The zero-order valence-corrected chi connectivity index (χ0v) is 12.9. The summed E-state index contributed by atoms with van der Waals surface area (Å²) in [4.78, 5) is 0. The SMILES string of the molecule is CC1(NCc2cc3ccccc3cc2N)CCS(=O)(=O)C1. The molecule has 1 atom stereocenters. The Morgan fingerprint density at radius 2 is 1.90 bits per heavy atom. The van der Waals surface area contributed by atoms with Gasteiger partial charge in [0.25, 0.3) is 0 Å². The monoisotopic (exact) mass is 304 g/mol. The van der Waals surface area contributed by atoms with Crippen molar-refractivity contribution in [2.75, 3.05) is 17.2 Å². The maximum Gasteiger partial charge on any atom is 0.152 e. The number of benzene rings is 2. The Bertz CT molecular complexity index is 786. The number of hydrogen-bond donors (Lipinski definition) is 2. The molecule has 0 spiro atoms. The standard InChI is InChI=1S/C16H20N2O2S/c1-16(6-7-21(19,20)11-16)18-10-14-8-12-4-2-3-5-13(12)9-15(14)17/h2-5,8-9,18H,6-7,10-11,17H2,1H3. The predicted octanol–water partition coefficient (Wildman–Crippen LogP) is 2.09. The minimum atomic E-state index is -2.90. The second-order valence-corrected chi connectivity index (χ2v) is 8.34. The molecule has 1 aliphatic heterocycles. The zero-order chi connectivity index (χ0) is 15.1. The van der Waals surface area contributed by atoms with Crippen LogP contribution >= 0.6 is 0 Å². The van der Waals surface area contributed by atoms with E-state index < -0.39 is 9.84 Å². The Labute approximate surface area is 125 Å². The summed E-state index contributed by atoms with van der Waals surface area (Å²) < 4.78 is 23.3. The summed E-state index contributed by atoms with van der Waals surface area (Å²) in [6.07, 6.45) is 0.656. The van der Waals surface area contributed by atoms with Crippen LogP contribution in [0.4, 0.5) is 5.69 Å². The second kappa shape index (κ2) is 5.00. The van der Waals surface area contributed by atoms with Gasteiger partial charge in [0.2, 0.25) is 0 Å². The van der Waals surface area contributed by atoms with Gasteiger partial charge in [-0.2, -0.15) is 0 Å². The lowest BCUT2D eigenvalue weighted by atomic mass is 10.0. The van der Waals surface area contributed by atoms with E-state index in [0.29, 0.717) is 13.0 Å². The van der Waals surface area contributed by atoms with Crippen LogP contribution in [-0.2, 0) is 16.4 Å². The molecule has 0 amide bonds. The number of fused-ring (bicyclic) bond motifs is 1. The van der Waals surface area contributed by atoms with Gasteiger partial charge in [0.15, 0.2) is 9.84 Å². The molecule has 2 aromatic carbocycles. The Hall–Kier alpha value is -1.59. The smallest absolute Gasteiger partial charge is 0.152 e. The quantitative estimate of drug-likeness (QED) is 0.852. The van der Waals surface area contributed by atoms with Crippen LogP contribution in [0.1, 0.15) is 18.9 Å². The average molecular weight is 304 g/mol. The molecule has 3 rings (SSSR count). The van der Waals surface area contributed by atoms with Gasteiger partial charge >= 0.3 is 0 Å². The van der Waals surface area contributed by atoms with Gasteiger partial charge in [0.05, 0.1) is 11.5 Å². The minimum Gasteiger partial charge on any atom is -0.398 e. The third-order valence-corrected chi connectivity index (χ3v) is 6.12. The van der Waals surface area contributed by atoms with E-state index in [1.165, 1.54) is 0 Å². The van der Waals surface area contributed by atoms with E-state index in [2.05, 4.69) is 17.4 Å². The van der Waals surface area contributed by atoms with Crippen molar-refractivity contribution in [2.24, 2.45) is 0 Å². The molecule has 1 saturated heterocycles. The Morgan fingerprint density at radius 1 is 1.24 bits per heavy atom. The highest BCUT2D eigenvalue weighted by molar-refractivity contribution is 7.91. The molecule has 0 radical (unpaired) electrons. The van der Waals surface area contributed by atoms with Gasteiger partial charge in [-0.05, 0) is 41.8 Å². The molecular formula is C16H20N2O2S. The Morgan fingerprint density at radius 3 is 2.52 bits per heavy atom. The van der Waals surface area contributed by atoms with E-state index >= 15 is 0 Å². The van der Waals surface area contributed by atoms with E-state index in [0.717, 1.165) is 22.0 Å². The number of hydrogen-bond acceptors (Lipinski definition) is 4. The number of nitrogen functional groups attached to an aromatic ring is 1. The number of nitrogens with two attached hydrogens (primary N) is 1. The van der Waals surface area contributed by atoms with Gasteiger partial charge in [-0.1, -0.05) is 24.3 Å². The van der Waals surface area contributed by atoms with Crippen molar-refractivity contribution >= 4 is 26.3 Å². The lowest BCUT2D eigenvalue weighted by Gasteiger charge is -2.24. The largest absolute Gasteiger partial charge is 0.398 e. The summed E-state index contributed by atoms with van der Waals surface area (Å²) >= 11 is 0. The van der Waals surface area contributed by atoms with E-state index in [1.54, 1.807) is 0 Å². The first-order chi connectivity index (χ1) is 9.87. The molecule has 1 aliphatic rings. The highest BCUT2D eigenvalue weighted by atomic mass is 32.2. The first kappa shape index (κ1) is 14.4. The molecule has 1 fully saturated rings. The van der Waals surface area contributed by atoms with Crippen LogP contribution in [0.25, 0.3) is 10.8 Å². The maximum absolute atomic E-state index is 11.6. The topological polar surface area (TPSA) is 72.2 Å². The highest BCUT2D eigenvalue weighted by Crippen LogP contribution is 2.26. The van der Waals surface area contributed by atoms with Crippen molar-refractivity contribution in [3.05, 3.63) is 42.0 Å². The van der Waals surface area contributed by atoms with Crippen LogP contribution in [0.5, 0.6) is 0 Å². The molecule has 1 unspecified atom stereocenters. The lowest BCUT2D eigenvalue weighted by Crippen LogP contribution is -2.42. The van der Waals surface area contributed by atoms with Crippen LogP contribution in [0, 0.1) is 0 Å². The summed E-state index contributed by atoms with van der Waals surface area (Å²) in [7, 11) is -2.90. The highest BCUT2D eigenvalue weighted by Gasteiger charge is 2.37. The van der Waals surface area contributed by atoms with Crippen LogP contribution in [0.15, 0.2) is 36.4 Å². The summed E-state index contributed by atoms with van der Waals surface area (Å²) in [5.74, 6) is 0.469. The molecule has 0 aromatic heterocycles. The number of anilines is 1. The average Bonchev–Trinajstić information content (AvgIpc) is 2.71. The zero-order valence-electron chi connectivity index (χ0n) is 12.1. The number of nitrogens with one attached hydrogen (secondary N) is 1. The van der Waals surface area contributed by atoms with Crippen LogP contribution in [-0.4, -0.2) is 25.5 Å². The molecule has 4 nitrogen and oxygen atoms in total. The molecule has 0 saturated carbocycles. The summed E-state index contributed by atoms with van der Waals surface area (Å²) in [6.45, 7) is 2.55. The Kier molecular flexibility index (Phi) is 3.42. The van der Waals surface area contributed by atoms with Crippen LogP contribution in [0.2, 0.25) is 0 Å². The van der Waals surface area contributed by atoms with Crippen molar-refractivity contribution in [3.63, 3.8) is 0 Å². The molecule has 0 aliphatic carbocycles. The molecule has 0 bridgehead atoms. The van der Waals surface area contributed by atoms with Crippen molar-refractivity contribution in [3.8, 4) is 0 Å². The third-order valence-electron chi connectivity index (χ3n) is 4.22. The maximum atomic E-state index is 11.6. The van der Waals surface area contributed by atoms with Crippen LogP contribution < -0.4 is 11.1 Å². The normalized spacial score (nSPS) is 24.4. The van der Waals surface area contributed by atoms with E-state index in [-0.39, 0.29) is 17.0 Å². The fraction of sp³-hybridized carbons (Fsp3) is 0.375. The summed E-state index contributed by atoms with van der Waals surface area (Å²) in [5.41, 5.74) is 7.51. The van der Waals surface area contributed by atoms with Gasteiger partial charge in [-0.25, -0.2) is 8.42 Å². The minimum absolute atomic E-state index is 0.202. The van der Waals surface area contributed by atoms with Gasteiger partial charge in [-0.3, -0.25) is 0 Å². The van der Waals surface area contributed by atoms with Crippen molar-refractivity contribution in [2.45, 2.75) is 25.4 Å². The molecule has 3 N–H and O–H groups in total. The van der Waals surface area contributed by atoms with Crippen molar-refractivity contribution in [1.29, 1.82) is 0 Å². The van der Waals surface area contributed by atoms with E-state index in [4.69, 9.17) is 5.73 Å². The van der Waals surface area contributed by atoms with Crippen molar-refractivity contribution < 1.29 is 8.42 Å². The molecular weight excluding hydrogens is 284 g/mol. The van der Waals surface area contributed by atoms with Gasteiger partial charge in [0, 0.05) is 17.8 Å². The molecule has 112 valence electrons. The first-order valence-corrected chi connectivity index (χ1v) is 8.92. The van der Waals surface area contributed by atoms with Gasteiger partial charge in [-0.15, -0.1) is 0 Å². The van der Waals surface area contributed by atoms with Crippen LogP contribution in [0.3, 0.4) is 0 Å². The third kappa shape index (κ3) is 3.04. The van der Waals surface area contributed by atoms with Gasteiger partial charge < -0.3 is 11.1 Å². The fourth-order valence-electron chi connectivity index (χ4n) is 2.92. The Balaban J connectivity index is 1.81. The van der Waals surface area contributed by atoms with E-state index in [1.807, 2.05) is 31.2 Å². The van der Waals surface area contributed by atoms with E-state index in [9.17, 15) is 8.42 Å². The lowest BCUT2D eigenvalue weighted by molar-refractivity contribution is 0.396. The summed E-state index contributed by atoms with van der Waals surface area (Å²) in [6, 6.07) is 12.1. The summed E-state index contributed by atoms with van der Waals surface area (Å²) in [5, 5.41) is 5.64. The second-order valence-electron chi connectivity index (χ2n) is 6.15. The first-order valence-electron chi connectivity index (χ1n) is 7.10.